The molecular formula is C23H28O5. The fraction of sp³-hybridized carbons (Fsp3) is 0.391. The van der Waals surface area contributed by atoms with Crippen LogP contribution in [-0.4, -0.2) is 25.2 Å². The third-order valence-corrected chi connectivity index (χ3v) is 4.88. The zero-order valence-electron chi connectivity index (χ0n) is 16.9. The number of rotatable bonds is 3. The number of carbonyl (C=O) groups excluding carboxylic acids is 2. The molecule has 0 spiro atoms. The van der Waals surface area contributed by atoms with Crippen molar-refractivity contribution in [3.8, 4) is 0 Å². The van der Waals surface area contributed by atoms with E-state index < -0.39 is 18.0 Å². The highest BCUT2D eigenvalue weighted by molar-refractivity contribution is 5.91. The highest BCUT2D eigenvalue weighted by atomic mass is 16.5. The molecule has 0 unspecified atom stereocenters. The molecule has 1 aromatic rings. The summed E-state index contributed by atoms with van der Waals surface area (Å²) in [5.41, 5.74) is 2.69. The number of methoxy groups -OCH3 is 1. The van der Waals surface area contributed by atoms with E-state index in [2.05, 4.69) is 19.7 Å². The van der Waals surface area contributed by atoms with Crippen molar-refractivity contribution in [3.05, 3.63) is 65.7 Å². The van der Waals surface area contributed by atoms with Crippen molar-refractivity contribution >= 4 is 18.0 Å². The van der Waals surface area contributed by atoms with Gasteiger partial charge in [-0.3, -0.25) is 0 Å². The molecule has 150 valence electrons. The number of allylic oxidation sites excluding steroid dienone is 1. The van der Waals surface area contributed by atoms with E-state index in [1.807, 2.05) is 19.9 Å². The first-order valence-electron chi connectivity index (χ1n) is 9.30. The zero-order valence-corrected chi connectivity index (χ0v) is 16.9. The van der Waals surface area contributed by atoms with Gasteiger partial charge in [-0.1, -0.05) is 37.0 Å². The molecule has 28 heavy (non-hydrogen) atoms. The minimum absolute atomic E-state index is 0.0233. The highest BCUT2D eigenvalue weighted by Gasteiger charge is 2.24. The molecule has 0 aliphatic carbocycles. The van der Waals surface area contributed by atoms with Gasteiger partial charge in [0.05, 0.1) is 7.11 Å². The summed E-state index contributed by atoms with van der Waals surface area (Å²) in [5, 5.41) is 0. The second-order valence-corrected chi connectivity index (χ2v) is 7.24. The monoisotopic (exact) mass is 384 g/mol. The van der Waals surface area contributed by atoms with Crippen molar-refractivity contribution in [3.63, 3.8) is 0 Å². The maximum Gasteiger partial charge on any atom is 0.341 e. The van der Waals surface area contributed by atoms with E-state index in [1.54, 1.807) is 12.1 Å². The fourth-order valence-corrected chi connectivity index (χ4v) is 3.16. The zero-order chi connectivity index (χ0) is 20.8. The summed E-state index contributed by atoms with van der Waals surface area (Å²) in [6, 6.07) is 1.69. The molecule has 0 aromatic carbocycles. The number of esters is 2. The number of carbonyl (C=O) groups is 2. The van der Waals surface area contributed by atoms with Gasteiger partial charge in [-0.25, -0.2) is 9.59 Å². The summed E-state index contributed by atoms with van der Waals surface area (Å²) in [4.78, 5) is 24.6. The average molecular weight is 384 g/mol. The Labute approximate surface area is 166 Å². The van der Waals surface area contributed by atoms with E-state index in [4.69, 9.17) is 13.9 Å². The predicted octanol–water partition coefficient (Wildman–Crippen LogP) is 5.04. The summed E-state index contributed by atoms with van der Waals surface area (Å²) in [7, 11) is 1.35. The normalized spacial score (nSPS) is 23.0. The van der Waals surface area contributed by atoms with Crippen molar-refractivity contribution < 1.29 is 23.5 Å². The Bertz CT molecular complexity index is 824. The van der Waals surface area contributed by atoms with Crippen LogP contribution in [0.25, 0.3) is 6.08 Å². The average Bonchev–Trinajstić information content (AvgIpc) is 3.04. The van der Waals surface area contributed by atoms with Crippen molar-refractivity contribution in [2.75, 3.05) is 7.11 Å². The Kier molecular flexibility index (Phi) is 7.21. The van der Waals surface area contributed by atoms with Gasteiger partial charge >= 0.3 is 11.9 Å². The van der Waals surface area contributed by atoms with Gasteiger partial charge in [0.25, 0.3) is 0 Å². The molecule has 2 atom stereocenters. The fourth-order valence-electron chi connectivity index (χ4n) is 3.16. The lowest BCUT2D eigenvalue weighted by molar-refractivity contribution is -0.142. The minimum Gasteiger partial charge on any atom is -0.465 e. The van der Waals surface area contributed by atoms with Gasteiger partial charge in [0, 0.05) is 18.4 Å². The minimum atomic E-state index is -0.463. The summed E-state index contributed by atoms with van der Waals surface area (Å²) < 4.78 is 16.4. The maximum atomic E-state index is 12.3. The molecule has 1 aliphatic heterocycles. The third kappa shape index (κ3) is 5.35. The molecule has 0 saturated heterocycles. The van der Waals surface area contributed by atoms with Crippen LogP contribution in [0.4, 0.5) is 0 Å². The Hall–Kier alpha value is -2.82. The first-order chi connectivity index (χ1) is 13.2. The number of hydrogen-bond acceptors (Lipinski definition) is 5. The first kappa shape index (κ1) is 21.5. The number of ether oxygens (including phenoxy) is 2. The molecule has 5 nitrogen and oxygen atoms in total. The van der Waals surface area contributed by atoms with Crippen LogP contribution in [-0.2, 0) is 20.7 Å². The Morgan fingerprint density at radius 2 is 2.07 bits per heavy atom. The van der Waals surface area contributed by atoms with Crippen LogP contribution in [0.15, 0.2) is 53.0 Å². The van der Waals surface area contributed by atoms with E-state index in [0.717, 1.165) is 11.1 Å². The Balaban J connectivity index is 2.48. The number of fused-ring (bicyclic) bond motifs is 2. The lowest BCUT2D eigenvalue weighted by Crippen LogP contribution is -2.18. The summed E-state index contributed by atoms with van der Waals surface area (Å²) in [6.07, 6.45) is 5.04. The Morgan fingerprint density at radius 1 is 1.36 bits per heavy atom. The molecule has 1 aromatic heterocycles. The van der Waals surface area contributed by atoms with Gasteiger partial charge < -0.3 is 13.9 Å². The summed E-state index contributed by atoms with van der Waals surface area (Å²) >= 11 is 0. The van der Waals surface area contributed by atoms with Crippen LogP contribution in [0, 0.1) is 5.92 Å². The van der Waals surface area contributed by atoms with Crippen LogP contribution in [0.1, 0.15) is 55.0 Å². The molecule has 0 fully saturated rings. The van der Waals surface area contributed by atoms with E-state index in [1.165, 1.54) is 7.11 Å². The number of hydrogen-bond donors (Lipinski definition) is 0. The molecule has 0 radical (unpaired) electrons. The lowest BCUT2D eigenvalue weighted by Gasteiger charge is -2.19. The second kappa shape index (κ2) is 9.40. The SMILES string of the molecule is C=C[C@H]1C/C(C)=C/c2cc(C(=O)OC)c(o2)C[C@@H](C(=C)C)CCC(=C)C(=O)O1. The maximum absolute atomic E-state index is 12.3. The molecular weight excluding hydrogens is 356 g/mol. The van der Waals surface area contributed by atoms with Crippen LogP contribution in [0.5, 0.6) is 0 Å². The number of furan rings is 1. The van der Waals surface area contributed by atoms with Crippen LogP contribution in [0.2, 0.25) is 0 Å². The van der Waals surface area contributed by atoms with Gasteiger partial charge in [-0.05, 0) is 44.7 Å². The predicted molar refractivity (Wildman–Crippen MR) is 109 cm³/mol. The van der Waals surface area contributed by atoms with Crippen LogP contribution < -0.4 is 0 Å². The van der Waals surface area contributed by atoms with Crippen LogP contribution in [0.3, 0.4) is 0 Å². The topological polar surface area (TPSA) is 65.7 Å². The van der Waals surface area contributed by atoms with Gasteiger partial charge in [-0.2, -0.15) is 0 Å². The molecule has 2 heterocycles. The van der Waals surface area contributed by atoms with E-state index in [0.29, 0.717) is 48.3 Å². The molecule has 5 heteroatoms. The summed E-state index contributed by atoms with van der Waals surface area (Å²) in [5.74, 6) is 0.291. The largest absolute Gasteiger partial charge is 0.465 e. The standard InChI is InChI=1S/C23H28O5/c1-7-18-10-15(4)11-19-13-20(23(25)26-6)21(27-19)12-17(14(2)3)9-8-16(5)22(24)28-18/h7,11,13,17-18H,1-2,5,8-10,12H2,3-4,6H3/b15-11+/t17-,18-/m0/s1. The smallest absolute Gasteiger partial charge is 0.341 e. The summed E-state index contributed by atoms with van der Waals surface area (Å²) in [6.45, 7) is 15.5. The highest BCUT2D eigenvalue weighted by Crippen LogP contribution is 2.29. The van der Waals surface area contributed by atoms with E-state index in [-0.39, 0.29) is 5.92 Å². The lowest BCUT2D eigenvalue weighted by atomic mass is 9.89. The van der Waals surface area contributed by atoms with E-state index >= 15 is 0 Å². The van der Waals surface area contributed by atoms with Crippen molar-refractivity contribution in [2.24, 2.45) is 5.92 Å². The molecule has 0 amide bonds. The van der Waals surface area contributed by atoms with Gasteiger partial charge in [0.1, 0.15) is 23.2 Å². The first-order valence-corrected chi connectivity index (χ1v) is 9.30. The van der Waals surface area contributed by atoms with Gasteiger partial charge in [0.15, 0.2) is 0 Å². The quantitative estimate of drug-likeness (QED) is 0.415. The number of cyclic esters (lactones) is 1. The molecule has 1 aliphatic rings. The van der Waals surface area contributed by atoms with Crippen molar-refractivity contribution in [2.45, 2.75) is 45.6 Å². The van der Waals surface area contributed by atoms with Gasteiger partial charge in [-0.15, -0.1) is 0 Å². The van der Waals surface area contributed by atoms with E-state index in [9.17, 15) is 9.59 Å². The molecule has 2 bridgehead atoms. The van der Waals surface area contributed by atoms with Gasteiger partial charge in [0.2, 0.25) is 0 Å². The Morgan fingerprint density at radius 3 is 2.68 bits per heavy atom. The third-order valence-electron chi connectivity index (χ3n) is 4.88. The van der Waals surface area contributed by atoms with Crippen LogP contribution >= 0.6 is 0 Å². The van der Waals surface area contributed by atoms with Crippen molar-refractivity contribution in [1.82, 2.24) is 0 Å². The molecule has 2 rings (SSSR count). The van der Waals surface area contributed by atoms with Crippen molar-refractivity contribution in [1.29, 1.82) is 0 Å². The molecule has 0 saturated carbocycles. The second-order valence-electron chi connectivity index (χ2n) is 7.24. The molecule has 0 N–H and O–H groups in total.